The molecule has 0 aliphatic heterocycles. The number of nitrogens with zero attached hydrogens (tertiary/aromatic N) is 3. The van der Waals surface area contributed by atoms with Gasteiger partial charge in [-0.25, -0.2) is 9.97 Å². The number of rotatable bonds is 5. The Balaban J connectivity index is 1.57. The second-order valence-corrected chi connectivity index (χ2v) is 5.39. The van der Waals surface area contributed by atoms with Gasteiger partial charge in [-0.3, -0.25) is 0 Å². The molecule has 0 aromatic carbocycles. The maximum absolute atomic E-state index is 5.79. The quantitative estimate of drug-likeness (QED) is 0.810. The van der Waals surface area contributed by atoms with Crippen LogP contribution in [0.3, 0.4) is 0 Å². The fourth-order valence-electron chi connectivity index (χ4n) is 2.97. The third-order valence-corrected chi connectivity index (χ3v) is 3.95. The molecule has 5 heteroatoms. The number of fused-ring (bicyclic) bond motifs is 1. The molecule has 3 rings (SSSR count). The van der Waals surface area contributed by atoms with Crippen molar-refractivity contribution < 1.29 is 0 Å². The number of anilines is 2. The number of nitrogen functional groups attached to an aromatic ring is 1. The van der Waals surface area contributed by atoms with Gasteiger partial charge in [0.15, 0.2) is 11.5 Å². The molecule has 0 amide bonds. The molecule has 1 aliphatic carbocycles. The lowest BCUT2D eigenvalue weighted by Crippen LogP contribution is -2.08. The predicted molar refractivity (Wildman–Crippen MR) is 77.1 cm³/mol. The summed E-state index contributed by atoms with van der Waals surface area (Å²) in [6.45, 7) is 0.940. The van der Waals surface area contributed by atoms with Gasteiger partial charge in [0.25, 0.3) is 0 Å². The van der Waals surface area contributed by atoms with Gasteiger partial charge in [0.2, 0.25) is 0 Å². The molecule has 0 unspecified atom stereocenters. The predicted octanol–water partition coefficient (Wildman–Crippen LogP) is 2.69. The third kappa shape index (κ3) is 2.80. The summed E-state index contributed by atoms with van der Waals surface area (Å²) in [6.07, 6.45) is 13.6. The summed E-state index contributed by atoms with van der Waals surface area (Å²) >= 11 is 0. The number of aromatic nitrogens is 3. The van der Waals surface area contributed by atoms with Crippen LogP contribution in [0, 0.1) is 5.92 Å². The number of nitrogens with two attached hydrogens (primary N) is 1. The van der Waals surface area contributed by atoms with Crippen LogP contribution in [0.1, 0.15) is 38.5 Å². The molecule has 0 atom stereocenters. The lowest BCUT2D eigenvalue weighted by molar-refractivity contribution is 0.491. The zero-order valence-electron chi connectivity index (χ0n) is 11.2. The molecule has 19 heavy (non-hydrogen) atoms. The molecule has 1 aliphatic rings. The van der Waals surface area contributed by atoms with Crippen molar-refractivity contribution in [3.63, 3.8) is 0 Å². The molecule has 1 fully saturated rings. The van der Waals surface area contributed by atoms with Gasteiger partial charge < -0.3 is 15.5 Å². The minimum absolute atomic E-state index is 0.517. The van der Waals surface area contributed by atoms with Crippen LogP contribution in [0.2, 0.25) is 0 Å². The number of imidazole rings is 1. The summed E-state index contributed by atoms with van der Waals surface area (Å²) in [5, 5.41) is 3.36. The Morgan fingerprint density at radius 2 is 2.21 bits per heavy atom. The smallest absolute Gasteiger partial charge is 0.180 e. The molecular formula is C14H21N5. The van der Waals surface area contributed by atoms with Gasteiger partial charge in [0, 0.05) is 18.9 Å². The summed E-state index contributed by atoms with van der Waals surface area (Å²) in [6, 6.07) is 0. The lowest BCUT2D eigenvalue weighted by Gasteiger charge is -2.10. The van der Waals surface area contributed by atoms with E-state index < -0.39 is 0 Å². The third-order valence-electron chi connectivity index (χ3n) is 3.95. The van der Waals surface area contributed by atoms with Crippen LogP contribution in [0.4, 0.5) is 11.6 Å². The molecular weight excluding hydrogens is 238 g/mol. The van der Waals surface area contributed by atoms with Crippen LogP contribution in [0.15, 0.2) is 18.6 Å². The fraction of sp³-hybridized carbons (Fsp3) is 0.571. The monoisotopic (exact) mass is 259 g/mol. The van der Waals surface area contributed by atoms with E-state index in [0.29, 0.717) is 5.82 Å². The van der Waals surface area contributed by atoms with E-state index in [4.69, 9.17) is 5.73 Å². The minimum atomic E-state index is 0.517. The molecule has 0 saturated heterocycles. The van der Waals surface area contributed by atoms with Crippen LogP contribution in [0.5, 0.6) is 0 Å². The van der Waals surface area contributed by atoms with Gasteiger partial charge in [-0.1, -0.05) is 25.7 Å². The van der Waals surface area contributed by atoms with Crippen molar-refractivity contribution in [1.82, 2.24) is 14.4 Å². The van der Waals surface area contributed by atoms with Gasteiger partial charge >= 0.3 is 0 Å². The molecule has 2 aromatic heterocycles. The molecule has 5 nitrogen and oxygen atoms in total. The van der Waals surface area contributed by atoms with E-state index in [0.717, 1.165) is 23.9 Å². The second-order valence-electron chi connectivity index (χ2n) is 5.39. The summed E-state index contributed by atoms with van der Waals surface area (Å²) in [4.78, 5) is 8.62. The molecule has 2 heterocycles. The largest absolute Gasteiger partial charge is 0.382 e. The minimum Gasteiger partial charge on any atom is -0.382 e. The van der Waals surface area contributed by atoms with Crippen LogP contribution in [0.25, 0.3) is 5.65 Å². The average Bonchev–Trinajstić information content (AvgIpc) is 3.04. The molecule has 0 radical (unpaired) electrons. The number of hydrogen-bond donors (Lipinski definition) is 2. The van der Waals surface area contributed by atoms with E-state index in [1.807, 2.05) is 10.6 Å². The average molecular weight is 259 g/mol. The Labute approximate surface area is 113 Å². The molecule has 0 bridgehead atoms. The highest BCUT2D eigenvalue weighted by Crippen LogP contribution is 2.28. The highest BCUT2D eigenvalue weighted by molar-refractivity contribution is 5.64. The van der Waals surface area contributed by atoms with Gasteiger partial charge in [-0.15, -0.1) is 0 Å². The molecule has 3 N–H and O–H groups in total. The van der Waals surface area contributed by atoms with Crippen LogP contribution in [-0.2, 0) is 0 Å². The van der Waals surface area contributed by atoms with Crippen LogP contribution in [-0.4, -0.2) is 20.9 Å². The van der Waals surface area contributed by atoms with Gasteiger partial charge in [-0.05, 0) is 18.8 Å². The summed E-state index contributed by atoms with van der Waals surface area (Å²) < 4.78 is 1.90. The first-order chi connectivity index (χ1) is 9.33. The van der Waals surface area contributed by atoms with Crippen molar-refractivity contribution in [3.8, 4) is 0 Å². The fourth-order valence-corrected chi connectivity index (χ4v) is 2.97. The van der Waals surface area contributed by atoms with Crippen molar-refractivity contribution in [2.24, 2.45) is 5.92 Å². The van der Waals surface area contributed by atoms with Crippen molar-refractivity contribution in [2.75, 3.05) is 17.6 Å². The van der Waals surface area contributed by atoms with Gasteiger partial charge in [-0.2, -0.15) is 0 Å². The van der Waals surface area contributed by atoms with E-state index in [2.05, 4.69) is 15.3 Å². The first-order valence-corrected chi connectivity index (χ1v) is 7.16. The summed E-state index contributed by atoms with van der Waals surface area (Å²) in [5.74, 6) is 2.25. The molecule has 2 aromatic rings. The van der Waals surface area contributed by atoms with Crippen LogP contribution >= 0.6 is 0 Å². The molecule has 0 spiro atoms. The van der Waals surface area contributed by atoms with Crippen LogP contribution < -0.4 is 11.1 Å². The molecule has 1 saturated carbocycles. The highest BCUT2D eigenvalue weighted by atomic mass is 15.1. The Hall–Kier alpha value is -1.78. The van der Waals surface area contributed by atoms with Crippen molar-refractivity contribution >= 4 is 17.3 Å². The van der Waals surface area contributed by atoms with Crippen molar-refractivity contribution in [3.05, 3.63) is 18.6 Å². The number of nitrogens with one attached hydrogen (secondary N) is 1. The summed E-state index contributed by atoms with van der Waals surface area (Å²) in [5.41, 5.74) is 6.63. The highest BCUT2D eigenvalue weighted by Gasteiger charge is 2.14. The Morgan fingerprint density at radius 3 is 3.05 bits per heavy atom. The lowest BCUT2D eigenvalue weighted by atomic mass is 10.0. The Morgan fingerprint density at radius 1 is 1.37 bits per heavy atom. The Bertz CT molecular complexity index is 542. The normalized spacial score (nSPS) is 16.2. The first kappa shape index (κ1) is 12.3. The topological polar surface area (TPSA) is 68.2 Å². The van der Waals surface area contributed by atoms with E-state index in [1.54, 1.807) is 12.4 Å². The van der Waals surface area contributed by atoms with E-state index in [-0.39, 0.29) is 0 Å². The number of hydrogen-bond acceptors (Lipinski definition) is 4. The maximum Gasteiger partial charge on any atom is 0.180 e. The van der Waals surface area contributed by atoms with E-state index >= 15 is 0 Å². The standard InChI is InChI=1S/C14H21N5/c15-12-10-19-9-8-17-14(19)13(18-12)16-7-3-6-11-4-1-2-5-11/h8-11H,1-7,15H2,(H,16,18). The zero-order valence-corrected chi connectivity index (χ0v) is 11.2. The molecule has 102 valence electrons. The first-order valence-electron chi connectivity index (χ1n) is 7.16. The SMILES string of the molecule is Nc1cn2ccnc2c(NCCCC2CCCC2)n1. The van der Waals surface area contributed by atoms with E-state index in [1.165, 1.54) is 38.5 Å². The summed E-state index contributed by atoms with van der Waals surface area (Å²) in [7, 11) is 0. The van der Waals surface area contributed by atoms with Crippen molar-refractivity contribution in [2.45, 2.75) is 38.5 Å². The van der Waals surface area contributed by atoms with Gasteiger partial charge in [0.05, 0.1) is 6.20 Å². The second kappa shape index (κ2) is 5.47. The Kier molecular flexibility index (Phi) is 3.53. The zero-order chi connectivity index (χ0) is 13.1. The van der Waals surface area contributed by atoms with E-state index in [9.17, 15) is 0 Å². The van der Waals surface area contributed by atoms with Gasteiger partial charge in [0.1, 0.15) is 5.82 Å². The van der Waals surface area contributed by atoms with Crippen molar-refractivity contribution in [1.29, 1.82) is 0 Å². The maximum atomic E-state index is 5.79.